The molecule has 5 atom stereocenters. The highest BCUT2D eigenvalue weighted by Crippen LogP contribution is 2.66. The maximum absolute atomic E-state index is 7.72. The highest BCUT2D eigenvalue weighted by atomic mass is 28.4. The third kappa shape index (κ3) is 3.72. The summed E-state index contributed by atoms with van der Waals surface area (Å²) in [7, 11) is -1.92. The van der Waals surface area contributed by atoms with E-state index in [-0.39, 0.29) is 5.60 Å². The molecule has 1 aromatic carbocycles. The first-order valence-electron chi connectivity index (χ1n) is 14.1. The van der Waals surface area contributed by atoms with Gasteiger partial charge in [0.2, 0.25) is 8.32 Å². The standard InChI is InChI=1S/C31H52OSi/c1-21(2)33(22(3)4,23(5)6)32-31(10)18-11-17-30(9)27-15-13-25-20-24(7)12-14-26(25)29(27,8)19-16-28(30)31/h12,14,20-23,27-28H,11,13,15-19H2,1-10H3/t27-,28+,29-,30+,31+/m0/s1. The molecule has 0 amide bonds. The predicted octanol–water partition coefficient (Wildman–Crippen LogP) is 9.37. The highest BCUT2D eigenvalue weighted by Gasteiger charge is 2.63. The predicted molar refractivity (Wildman–Crippen MR) is 146 cm³/mol. The topological polar surface area (TPSA) is 9.23 Å². The van der Waals surface area contributed by atoms with E-state index in [1.807, 2.05) is 0 Å². The summed E-state index contributed by atoms with van der Waals surface area (Å²) in [6.45, 7) is 24.8. The van der Waals surface area contributed by atoms with Gasteiger partial charge in [-0.3, -0.25) is 0 Å². The molecule has 2 fully saturated rings. The summed E-state index contributed by atoms with van der Waals surface area (Å²) in [5.74, 6) is 1.46. The van der Waals surface area contributed by atoms with E-state index in [0.29, 0.717) is 33.4 Å². The van der Waals surface area contributed by atoms with Gasteiger partial charge in [0.15, 0.2) is 0 Å². The van der Waals surface area contributed by atoms with Gasteiger partial charge >= 0.3 is 0 Å². The zero-order valence-electron chi connectivity index (χ0n) is 23.5. The summed E-state index contributed by atoms with van der Waals surface area (Å²) in [5.41, 5.74) is 7.44. The van der Waals surface area contributed by atoms with Crippen LogP contribution in [0.25, 0.3) is 0 Å². The number of benzene rings is 1. The molecule has 3 aliphatic carbocycles. The second-order valence-electron chi connectivity index (χ2n) is 13.9. The monoisotopic (exact) mass is 468 g/mol. The van der Waals surface area contributed by atoms with E-state index in [2.05, 4.69) is 87.4 Å². The smallest absolute Gasteiger partial charge is 0.201 e. The highest BCUT2D eigenvalue weighted by molar-refractivity contribution is 6.77. The van der Waals surface area contributed by atoms with Gasteiger partial charge in [-0.05, 0) is 103 Å². The molecular formula is C31H52OSi. The Labute approximate surface area is 206 Å². The van der Waals surface area contributed by atoms with Crippen molar-refractivity contribution in [2.75, 3.05) is 0 Å². The largest absolute Gasteiger partial charge is 0.411 e. The average Bonchev–Trinajstić information content (AvgIpc) is 2.70. The van der Waals surface area contributed by atoms with Crippen molar-refractivity contribution in [3.8, 4) is 0 Å². The van der Waals surface area contributed by atoms with E-state index in [1.54, 1.807) is 11.1 Å². The molecule has 0 saturated heterocycles. The molecule has 1 aromatic rings. The average molecular weight is 469 g/mol. The molecule has 33 heavy (non-hydrogen) atoms. The van der Waals surface area contributed by atoms with Gasteiger partial charge in [0, 0.05) is 0 Å². The van der Waals surface area contributed by atoms with E-state index in [9.17, 15) is 0 Å². The zero-order valence-corrected chi connectivity index (χ0v) is 24.5. The molecule has 1 nitrogen and oxygen atoms in total. The lowest BCUT2D eigenvalue weighted by atomic mass is 9.42. The number of fused-ring (bicyclic) bond motifs is 5. The number of rotatable bonds is 5. The van der Waals surface area contributed by atoms with Crippen LogP contribution in [0.5, 0.6) is 0 Å². The lowest BCUT2D eigenvalue weighted by molar-refractivity contribution is -0.152. The van der Waals surface area contributed by atoms with E-state index < -0.39 is 8.32 Å². The van der Waals surface area contributed by atoms with Crippen molar-refractivity contribution in [3.63, 3.8) is 0 Å². The van der Waals surface area contributed by atoms with Crippen LogP contribution in [-0.2, 0) is 16.3 Å². The SMILES string of the molecule is Cc1ccc2c(c1)CC[C@@H]1[C@@]3(C)CCC[C@@](C)(O[Si](C(C)C)(C(C)C)C(C)C)[C@@H]3CC[C@@]21C. The summed E-state index contributed by atoms with van der Waals surface area (Å²) < 4.78 is 7.72. The van der Waals surface area contributed by atoms with Gasteiger partial charge in [-0.1, -0.05) is 85.6 Å². The first-order chi connectivity index (χ1) is 15.3. The Balaban J connectivity index is 1.73. The second-order valence-corrected chi connectivity index (χ2v) is 19.2. The molecule has 0 heterocycles. The second kappa shape index (κ2) is 8.51. The molecule has 2 heteroatoms. The molecule has 4 rings (SSSR count). The fourth-order valence-electron chi connectivity index (χ4n) is 9.90. The Kier molecular flexibility index (Phi) is 6.57. The molecule has 186 valence electrons. The normalized spacial score (nSPS) is 36.6. The molecule has 0 aliphatic heterocycles. The Morgan fingerprint density at radius 2 is 1.48 bits per heavy atom. The lowest BCUT2D eigenvalue weighted by Gasteiger charge is -2.66. The Morgan fingerprint density at radius 1 is 0.848 bits per heavy atom. The summed E-state index contributed by atoms with van der Waals surface area (Å²) >= 11 is 0. The molecule has 0 aromatic heterocycles. The number of hydrogen-bond donors (Lipinski definition) is 0. The van der Waals surface area contributed by atoms with Crippen LogP contribution >= 0.6 is 0 Å². The minimum Gasteiger partial charge on any atom is -0.411 e. The van der Waals surface area contributed by atoms with Crippen molar-refractivity contribution in [2.24, 2.45) is 17.3 Å². The first-order valence-corrected chi connectivity index (χ1v) is 16.3. The Hall–Kier alpha value is -0.603. The summed E-state index contributed by atoms with van der Waals surface area (Å²) in [4.78, 5) is 0. The maximum Gasteiger partial charge on any atom is 0.201 e. The van der Waals surface area contributed by atoms with E-state index in [4.69, 9.17) is 4.43 Å². The van der Waals surface area contributed by atoms with Crippen LogP contribution in [0, 0.1) is 24.2 Å². The van der Waals surface area contributed by atoms with Crippen LogP contribution < -0.4 is 0 Å². The van der Waals surface area contributed by atoms with Crippen molar-refractivity contribution in [1.82, 2.24) is 0 Å². The van der Waals surface area contributed by atoms with E-state index in [1.165, 1.54) is 50.5 Å². The van der Waals surface area contributed by atoms with E-state index >= 15 is 0 Å². The summed E-state index contributed by atoms with van der Waals surface area (Å²) in [6.07, 6.45) is 9.25. The molecule has 0 bridgehead atoms. The summed E-state index contributed by atoms with van der Waals surface area (Å²) in [5, 5.41) is 0. The van der Waals surface area contributed by atoms with Crippen molar-refractivity contribution >= 4 is 8.32 Å². The zero-order chi connectivity index (χ0) is 24.4. The summed E-state index contributed by atoms with van der Waals surface area (Å²) in [6, 6.07) is 7.34. The molecule has 0 radical (unpaired) electrons. The van der Waals surface area contributed by atoms with Crippen molar-refractivity contribution in [3.05, 3.63) is 34.9 Å². The number of hydrogen-bond acceptors (Lipinski definition) is 1. The van der Waals surface area contributed by atoms with Crippen LogP contribution in [0.1, 0.15) is 118 Å². The minimum absolute atomic E-state index is 0.0346. The maximum atomic E-state index is 7.72. The minimum atomic E-state index is -1.92. The van der Waals surface area contributed by atoms with Crippen LogP contribution in [0.3, 0.4) is 0 Å². The third-order valence-electron chi connectivity index (χ3n) is 11.1. The van der Waals surface area contributed by atoms with Crippen molar-refractivity contribution < 1.29 is 4.43 Å². The fourth-order valence-corrected chi connectivity index (χ4v) is 15.7. The van der Waals surface area contributed by atoms with Gasteiger partial charge in [0.05, 0.1) is 5.60 Å². The van der Waals surface area contributed by atoms with Crippen molar-refractivity contribution in [1.29, 1.82) is 0 Å². The number of aryl methyl sites for hydroxylation is 2. The van der Waals surface area contributed by atoms with Gasteiger partial charge in [0.1, 0.15) is 0 Å². The van der Waals surface area contributed by atoms with E-state index in [0.717, 1.165) is 5.92 Å². The third-order valence-corrected chi connectivity index (χ3v) is 17.4. The fraction of sp³-hybridized carbons (Fsp3) is 0.806. The Bertz CT molecular complexity index is 850. The molecular weight excluding hydrogens is 416 g/mol. The quantitative estimate of drug-likeness (QED) is 0.391. The van der Waals surface area contributed by atoms with Crippen LogP contribution in [0.15, 0.2) is 18.2 Å². The molecule has 0 N–H and O–H groups in total. The van der Waals surface area contributed by atoms with Gasteiger partial charge in [-0.15, -0.1) is 0 Å². The Morgan fingerprint density at radius 3 is 2.09 bits per heavy atom. The first kappa shape index (κ1) is 25.5. The van der Waals surface area contributed by atoms with Crippen LogP contribution in [-0.4, -0.2) is 13.9 Å². The van der Waals surface area contributed by atoms with Crippen LogP contribution in [0.4, 0.5) is 0 Å². The van der Waals surface area contributed by atoms with Gasteiger partial charge in [-0.25, -0.2) is 0 Å². The molecule has 2 saturated carbocycles. The van der Waals surface area contributed by atoms with Gasteiger partial charge < -0.3 is 4.43 Å². The molecule has 3 aliphatic rings. The molecule has 0 spiro atoms. The lowest BCUT2D eigenvalue weighted by Crippen LogP contribution is -2.64. The van der Waals surface area contributed by atoms with Crippen LogP contribution in [0.2, 0.25) is 16.6 Å². The van der Waals surface area contributed by atoms with Gasteiger partial charge in [0.25, 0.3) is 0 Å². The molecule has 0 unspecified atom stereocenters. The van der Waals surface area contributed by atoms with Gasteiger partial charge in [-0.2, -0.15) is 0 Å². The van der Waals surface area contributed by atoms with Crippen molar-refractivity contribution in [2.45, 2.75) is 142 Å².